The molecule has 0 unspecified atom stereocenters. The van der Waals surface area contributed by atoms with E-state index >= 15 is 0 Å². The molecule has 1 amide bonds. The SMILES string of the molecule is CCCOc1ccc(-c2nc3sc(=C4C(=O)N(C)c5ccccc54)c(=O)n3n2)cc1. The van der Waals surface area contributed by atoms with Crippen molar-refractivity contribution in [2.45, 2.75) is 13.3 Å². The van der Waals surface area contributed by atoms with Crippen molar-refractivity contribution < 1.29 is 9.53 Å². The molecule has 4 aromatic rings. The van der Waals surface area contributed by atoms with Crippen LogP contribution in [0.25, 0.3) is 21.9 Å². The number of likely N-dealkylation sites (N-methyl/N-ethyl adjacent to an activating group) is 1. The van der Waals surface area contributed by atoms with Gasteiger partial charge in [0.15, 0.2) is 5.82 Å². The molecule has 0 saturated heterocycles. The average molecular weight is 418 g/mol. The number of hydrogen-bond donors (Lipinski definition) is 0. The first-order chi connectivity index (χ1) is 14.6. The quantitative estimate of drug-likeness (QED) is 0.509. The molecule has 1 aliphatic heterocycles. The Balaban J connectivity index is 1.60. The van der Waals surface area contributed by atoms with Crippen molar-refractivity contribution in [2.24, 2.45) is 0 Å². The maximum atomic E-state index is 13.1. The van der Waals surface area contributed by atoms with Crippen molar-refractivity contribution in [3.05, 3.63) is 69.0 Å². The van der Waals surface area contributed by atoms with Crippen LogP contribution < -0.4 is 19.7 Å². The summed E-state index contributed by atoms with van der Waals surface area (Å²) in [5, 5.41) is 4.39. The van der Waals surface area contributed by atoms with Crippen molar-refractivity contribution in [3.8, 4) is 17.1 Å². The number of anilines is 1. The second kappa shape index (κ2) is 7.07. The summed E-state index contributed by atoms with van der Waals surface area (Å²) in [6.45, 7) is 2.72. The Labute approximate surface area is 175 Å². The van der Waals surface area contributed by atoms with Crippen molar-refractivity contribution >= 4 is 33.5 Å². The van der Waals surface area contributed by atoms with Gasteiger partial charge in [-0.15, -0.1) is 5.10 Å². The van der Waals surface area contributed by atoms with E-state index in [1.54, 1.807) is 11.9 Å². The van der Waals surface area contributed by atoms with Gasteiger partial charge in [-0.25, -0.2) is 0 Å². The van der Waals surface area contributed by atoms with Gasteiger partial charge in [0.1, 0.15) is 10.3 Å². The van der Waals surface area contributed by atoms with Gasteiger partial charge in [-0.05, 0) is 36.8 Å². The van der Waals surface area contributed by atoms with E-state index in [0.717, 1.165) is 29.0 Å². The van der Waals surface area contributed by atoms with Crippen molar-refractivity contribution in [3.63, 3.8) is 0 Å². The van der Waals surface area contributed by atoms with E-state index < -0.39 is 0 Å². The molecule has 0 fully saturated rings. The first-order valence-electron chi connectivity index (χ1n) is 9.63. The van der Waals surface area contributed by atoms with Gasteiger partial charge < -0.3 is 9.64 Å². The van der Waals surface area contributed by atoms with Crippen molar-refractivity contribution in [2.75, 3.05) is 18.6 Å². The monoisotopic (exact) mass is 418 g/mol. The van der Waals surface area contributed by atoms with Crippen LogP contribution in [0.2, 0.25) is 0 Å². The predicted molar refractivity (Wildman–Crippen MR) is 116 cm³/mol. The lowest BCUT2D eigenvalue weighted by Gasteiger charge is -2.07. The third-order valence-corrected chi connectivity index (χ3v) is 6.05. The molecule has 0 N–H and O–H groups in total. The number of hydrogen-bond acceptors (Lipinski definition) is 6. The van der Waals surface area contributed by atoms with Gasteiger partial charge in [-0.2, -0.15) is 9.50 Å². The number of para-hydroxylation sites is 1. The van der Waals surface area contributed by atoms with Crippen LogP contribution in [-0.4, -0.2) is 34.2 Å². The van der Waals surface area contributed by atoms with Gasteiger partial charge in [0.2, 0.25) is 4.96 Å². The fourth-order valence-corrected chi connectivity index (χ4v) is 4.51. The number of fused-ring (bicyclic) bond motifs is 2. The van der Waals surface area contributed by atoms with Crippen LogP contribution in [0.4, 0.5) is 5.69 Å². The highest BCUT2D eigenvalue weighted by molar-refractivity contribution is 7.15. The van der Waals surface area contributed by atoms with Gasteiger partial charge in [-0.3, -0.25) is 9.59 Å². The number of ether oxygens (including phenoxy) is 1. The lowest BCUT2D eigenvalue weighted by atomic mass is 10.1. The smallest absolute Gasteiger partial charge is 0.291 e. The summed E-state index contributed by atoms with van der Waals surface area (Å²) in [5.41, 5.74) is 2.43. The summed E-state index contributed by atoms with van der Waals surface area (Å²) in [4.78, 5) is 32.4. The molecule has 7 nitrogen and oxygen atoms in total. The summed E-state index contributed by atoms with van der Waals surface area (Å²) in [5.74, 6) is 1.06. The Kier molecular flexibility index (Phi) is 4.36. The molecule has 0 saturated carbocycles. The van der Waals surface area contributed by atoms with E-state index in [-0.39, 0.29) is 11.5 Å². The Bertz CT molecular complexity index is 1390. The van der Waals surface area contributed by atoms with Crippen molar-refractivity contribution in [1.29, 1.82) is 0 Å². The predicted octanol–water partition coefficient (Wildman–Crippen LogP) is 2.50. The van der Waals surface area contributed by atoms with Crippen LogP contribution in [0.5, 0.6) is 5.75 Å². The Morgan fingerprint density at radius 2 is 1.83 bits per heavy atom. The molecule has 5 rings (SSSR count). The van der Waals surface area contributed by atoms with Crippen LogP contribution in [0.15, 0.2) is 53.3 Å². The molecule has 0 bridgehead atoms. The van der Waals surface area contributed by atoms with E-state index in [0.29, 0.717) is 27.5 Å². The van der Waals surface area contributed by atoms with Gasteiger partial charge in [0, 0.05) is 18.2 Å². The summed E-state index contributed by atoms with van der Waals surface area (Å²) >= 11 is 1.19. The van der Waals surface area contributed by atoms with Crippen LogP contribution in [0, 0.1) is 0 Å². The molecule has 30 heavy (non-hydrogen) atoms. The molecule has 0 aliphatic carbocycles. The highest BCUT2D eigenvalue weighted by Crippen LogP contribution is 2.33. The summed E-state index contributed by atoms with van der Waals surface area (Å²) < 4.78 is 7.24. The normalized spacial score (nSPS) is 15.1. The molecule has 2 aromatic heterocycles. The summed E-state index contributed by atoms with van der Waals surface area (Å²) in [6, 6.07) is 14.9. The molecule has 2 aromatic carbocycles. The van der Waals surface area contributed by atoms with Crippen LogP contribution in [-0.2, 0) is 4.79 Å². The molecular weight excluding hydrogens is 400 g/mol. The van der Waals surface area contributed by atoms with Crippen LogP contribution in [0.1, 0.15) is 18.9 Å². The van der Waals surface area contributed by atoms with Gasteiger partial charge in [0.25, 0.3) is 11.5 Å². The molecule has 1 aliphatic rings. The minimum absolute atomic E-state index is 0.194. The summed E-state index contributed by atoms with van der Waals surface area (Å²) in [7, 11) is 1.71. The van der Waals surface area contributed by atoms with E-state index in [1.807, 2.05) is 48.5 Å². The van der Waals surface area contributed by atoms with Crippen LogP contribution >= 0.6 is 11.3 Å². The molecule has 8 heteroatoms. The van der Waals surface area contributed by atoms with Gasteiger partial charge >= 0.3 is 0 Å². The number of carbonyl (C=O) groups excluding carboxylic acids is 1. The van der Waals surface area contributed by atoms with Crippen LogP contribution in [0.3, 0.4) is 0 Å². The highest BCUT2D eigenvalue weighted by atomic mass is 32.1. The van der Waals surface area contributed by atoms with Gasteiger partial charge in [0.05, 0.1) is 17.9 Å². The lowest BCUT2D eigenvalue weighted by molar-refractivity contribution is -0.112. The third kappa shape index (κ3) is 2.80. The number of benzene rings is 2. The van der Waals surface area contributed by atoms with E-state index in [1.165, 1.54) is 15.9 Å². The molecule has 0 spiro atoms. The number of amides is 1. The van der Waals surface area contributed by atoms with E-state index in [2.05, 4.69) is 17.0 Å². The van der Waals surface area contributed by atoms with E-state index in [4.69, 9.17) is 4.74 Å². The topological polar surface area (TPSA) is 76.8 Å². The lowest BCUT2D eigenvalue weighted by Crippen LogP contribution is -2.30. The average Bonchev–Trinajstić information content (AvgIpc) is 3.39. The zero-order valence-electron chi connectivity index (χ0n) is 16.5. The summed E-state index contributed by atoms with van der Waals surface area (Å²) in [6.07, 6.45) is 0.941. The Morgan fingerprint density at radius 1 is 1.07 bits per heavy atom. The number of nitrogens with zero attached hydrogens (tertiary/aromatic N) is 4. The second-order valence-electron chi connectivity index (χ2n) is 7.00. The fourth-order valence-electron chi connectivity index (χ4n) is 3.52. The first kappa shape index (κ1) is 18.5. The van der Waals surface area contributed by atoms with Crippen molar-refractivity contribution in [1.82, 2.24) is 14.6 Å². The minimum Gasteiger partial charge on any atom is -0.494 e. The zero-order chi connectivity index (χ0) is 20.8. The standard InChI is InChI=1S/C22H18N4O3S/c1-3-12-29-14-10-8-13(9-11-14)19-23-22-26(24-19)21(28)18(30-22)17-15-6-4-5-7-16(15)25(2)20(17)27/h4-11H,3,12H2,1-2H3. The maximum Gasteiger partial charge on any atom is 0.291 e. The van der Waals surface area contributed by atoms with Gasteiger partial charge in [-0.1, -0.05) is 36.5 Å². The second-order valence-corrected chi connectivity index (χ2v) is 7.97. The Morgan fingerprint density at radius 3 is 2.57 bits per heavy atom. The largest absolute Gasteiger partial charge is 0.494 e. The molecule has 3 heterocycles. The number of thiazole rings is 1. The Hall–Kier alpha value is -3.52. The number of aromatic nitrogens is 3. The third-order valence-electron chi connectivity index (χ3n) is 5.02. The molecule has 0 radical (unpaired) electrons. The maximum absolute atomic E-state index is 13.1. The number of rotatable bonds is 4. The highest BCUT2D eigenvalue weighted by Gasteiger charge is 2.31. The minimum atomic E-state index is -0.329. The molecule has 150 valence electrons. The zero-order valence-corrected chi connectivity index (χ0v) is 17.3. The first-order valence-corrected chi connectivity index (χ1v) is 10.4. The number of carbonyl (C=O) groups is 1. The molecule has 0 atom stereocenters. The molecular formula is C22H18N4O3S. The van der Waals surface area contributed by atoms with E-state index in [9.17, 15) is 9.59 Å². The fraction of sp³-hybridized carbons (Fsp3) is 0.182.